The van der Waals surface area contributed by atoms with Gasteiger partial charge >= 0.3 is 5.97 Å². The van der Waals surface area contributed by atoms with Crippen molar-refractivity contribution in [2.75, 3.05) is 13.2 Å². The highest BCUT2D eigenvalue weighted by Crippen LogP contribution is 2.25. The van der Waals surface area contributed by atoms with Gasteiger partial charge in [0, 0.05) is 13.5 Å². The molecule has 1 atom stereocenters. The molecular weight excluding hydrogens is 532 g/mol. The zero-order valence-corrected chi connectivity index (χ0v) is 25.7. The van der Waals surface area contributed by atoms with Gasteiger partial charge in [0.1, 0.15) is 5.75 Å². The van der Waals surface area contributed by atoms with Crippen LogP contribution in [0.3, 0.4) is 0 Å². The van der Waals surface area contributed by atoms with Gasteiger partial charge in [0.15, 0.2) is 6.29 Å². The molecule has 0 saturated carbocycles. The summed E-state index contributed by atoms with van der Waals surface area (Å²) in [6.07, 6.45) is 1.87. The van der Waals surface area contributed by atoms with E-state index in [2.05, 4.69) is 105 Å². The molecule has 0 aliphatic rings. The van der Waals surface area contributed by atoms with Crippen LogP contribution in [0.2, 0.25) is 0 Å². The van der Waals surface area contributed by atoms with Gasteiger partial charge in [0.05, 0.1) is 6.61 Å². The van der Waals surface area contributed by atoms with Crippen LogP contribution in [0.25, 0.3) is 0 Å². The van der Waals surface area contributed by atoms with Crippen LogP contribution in [0.1, 0.15) is 152 Å². The van der Waals surface area contributed by atoms with Gasteiger partial charge in [-0.25, -0.2) is 0 Å². The molecule has 0 radical (unpaired) electrons. The molecule has 0 heterocycles. The minimum Gasteiger partial charge on any atom is -0.466 e. The molecule has 1 unspecified atom stereocenters. The van der Waals surface area contributed by atoms with Crippen LogP contribution >= 0.6 is 0 Å². The second kappa shape index (κ2) is 27.2. The second-order valence-electron chi connectivity index (χ2n) is 12.5. The fourth-order valence-electron chi connectivity index (χ4n) is 3.25. The molecule has 0 aromatic heterocycles. The maximum Gasteiger partial charge on any atom is 0.302 e. The number of hydrogen-bond acceptors (Lipinski definition) is 4. The predicted octanol–water partition coefficient (Wildman–Crippen LogP) is 12.9. The Morgan fingerprint density at radius 1 is 0.698 bits per heavy atom. The number of carbonyl (C=O) groups is 1. The van der Waals surface area contributed by atoms with Gasteiger partial charge in [-0.1, -0.05) is 149 Å². The quantitative estimate of drug-likeness (QED) is 0.178. The number of rotatable bonds is 7. The highest BCUT2D eigenvalue weighted by atomic mass is 16.7. The number of hydrogen-bond donors (Lipinski definition) is 0. The highest BCUT2D eigenvalue weighted by Gasteiger charge is 2.14. The second-order valence-corrected chi connectivity index (χ2v) is 12.5. The van der Waals surface area contributed by atoms with Crippen molar-refractivity contribution in [1.29, 1.82) is 0 Å². The summed E-state index contributed by atoms with van der Waals surface area (Å²) >= 11 is 0. The van der Waals surface area contributed by atoms with Gasteiger partial charge < -0.3 is 14.2 Å². The number of esters is 1. The third-order valence-electron chi connectivity index (χ3n) is 5.44. The fourth-order valence-corrected chi connectivity index (χ4v) is 3.25. The largest absolute Gasteiger partial charge is 0.466 e. The first-order valence-electron chi connectivity index (χ1n) is 13.5. The first kappa shape index (κ1) is 56.5. The van der Waals surface area contributed by atoms with Crippen molar-refractivity contribution < 1.29 is 19.0 Å². The molecule has 2 rings (SSSR count). The molecule has 0 bridgehead atoms. The Bertz CT molecular complexity index is 851. The average molecular weight is 611 g/mol. The summed E-state index contributed by atoms with van der Waals surface area (Å²) in [5, 5.41) is 0. The summed E-state index contributed by atoms with van der Waals surface area (Å²) in [5.41, 5.74) is 3.53. The van der Waals surface area contributed by atoms with Crippen molar-refractivity contribution in [2.45, 2.75) is 158 Å². The van der Waals surface area contributed by atoms with Crippen LogP contribution in [-0.2, 0) is 25.1 Å². The Morgan fingerprint density at radius 3 is 1.44 bits per heavy atom. The van der Waals surface area contributed by atoms with E-state index in [1.807, 2.05) is 26.0 Å². The predicted molar refractivity (Wildman–Crippen MR) is 198 cm³/mol. The van der Waals surface area contributed by atoms with E-state index >= 15 is 0 Å². The van der Waals surface area contributed by atoms with E-state index in [4.69, 9.17) is 14.2 Å². The van der Waals surface area contributed by atoms with Crippen LogP contribution in [0.4, 0.5) is 0 Å². The number of benzene rings is 2. The van der Waals surface area contributed by atoms with Gasteiger partial charge in [0.25, 0.3) is 0 Å². The zero-order chi connectivity index (χ0) is 28.7. The molecular formula is C39H78O4. The van der Waals surface area contributed by atoms with Crippen LogP contribution < -0.4 is 4.74 Å². The molecule has 0 saturated heterocycles. The van der Waals surface area contributed by atoms with Crippen LogP contribution in [0, 0.1) is 5.41 Å². The third kappa shape index (κ3) is 30.9. The standard InChI is InChI=1S/C14H22O2.C10H14.C9H18O2.6CH4/c1-6-15-11(2)16-13-9-7-12(8-10-13)14(3,4)5;1-10(2,3)9-7-5-4-6-8-9;1-8(10)11-7-5-6-9(2,3)4;;;;;;/h7-11H,6H2,1-5H3;4-8H,1-3H3;5-7H2,1-4H3;6*1H4. The first-order chi connectivity index (χ1) is 17.0. The van der Waals surface area contributed by atoms with Crippen molar-refractivity contribution in [1.82, 2.24) is 0 Å². The number of carbonyl (C=O) groups excluding carboxylic acids is 1. The maximum absolute atomic E-state index is 10.3. The van der Waals surface area contributed by atoms with Gasteiger partial charge in [-0.05, 0) is 66.2 Å². The fraction of sp³-hybridized carbons (Fsp3) is 0.667. The van der Waals surface area contributed by atoms with E-state index < -0.39 is 0 Å². The molecule has 4 heteroatoms. The molecule has 0 amide bonds. The molecule has 0 fully saturated rings. The van der Waals surface area contributed by atoms with E-state index in [0.717, 1.165) is 18.6 Å². The summed E-state index contributed by atoms with van der Waals surface area (Å²) in [6, 6.07) is 18.8. The Labute approximate surface area is 272 Å². The number of ether oxygens (including phenoxy) is 3. The third-order valence-corrected chi connectivity index (χ3v) is 5.44. The summed E-state index contributed by atoms with van der Waals surface area (Å²) in [7, 11) is 0. The van der Waals surface area contributed by atoms with E-state index in [1.165, 1.54) is 18.1 Å². The van der Waals surface area contributed by atoms with E-state index in [1.54, 1.807) is 0 Å². The summed E-state index contributed by atoms with van der Waals surface area (Å²) in [5.74, 6) is 0.674. The monoisotopic (exact) mass is 611 g/mol. The van der Waals surface area contributed by atoms with Crippen molar-refractivity contribution in [3.63, 3.8) is 0 Å². The highest BCUT2D eigenvalue weighted by molar-refractivity contribution is 5.65. The molecule has 0 N–H and O–H groups in total. The van der Waals surface area contributed by atoms with Crippen LogP contribution in [-0.4, -0.2) is 25.5 Å². The normalized spacial score (nSPS) is 10.6. The van der Waals surface area contributed by atoms with Gasteiger partial charge in [-0.15, -0.1) is 0 Å². The minimum absolute atomic E-state index is 0. The van der Waals surface area contributed by atoms with Gasteiger partial charge in [-0.2, -0.15) is 0 Å². The Kier molecular flexibility index (Phi) is 35.8. The van der Waals surface area contributed by atoms with Crippen LogP contribution in [0.5, 0.6) is 5.75 Å². The molecule has 2 aromatic carbocycles. The lowest BCUT2D eigenvalue weighted by Gasteiger charge is -2.20. The lowest BCUT2D eigenvalue weighted by atomic mass is 9.87. The van der Waals surface area contributed by atoms with Crippen molar-refractivity contribution >= 4 is 5.97 Å². The Morgan fingerprint density at radius 2 is 1.12 bits per heavy atom. The lowest BCUT2D eigenvalue weighted by molar-refractivity contribution is -0.141. The van der Waals surface area contributed by atoms with E-state index in [-0.39, 0.29) is 62.2 Å². The van der Waals surface area contributed by atoms with Crippen molar-refractivity contribution in [3.05, 3.63) is 65.7 Å². The average Bonchev–Trinajstić information content (AvgIpc) is 2.77. The molecule has 2 aromatic rings. The summed E-state index contributed by atoms with van der Waals surface area (Å²) < 4.78 is 15.7. The topological polar surface area (TPSA) is 44.8 Å². The van der Waals surface area contributed by atoms with Crippen LogP contribution in [0.15, 0.2) is 54.6 Å². The van der Waals surface area contributed by atoms with E-state index in [9.17, 15) is 4.79 Å². The summed E-state index contributed by atoms with van der Waals surface area (Å²) in [6.45, 7) is 26.4. The Balaban J connectivity index is -0.0000000870. The lowest BCUT2D eigenvalue weighted by Crippen LogP contribution is -2.16. The Hall–Kier alpha value is -2.33. The first-order valence-corrected chi connectivity index (χ1v) is 13.5. The molecule has 43 heavy (non-hydrogen) atoms. The van der Waals surface area contributed by atoms with Crippen molar-refractivity contribution in [2.24, 2.45) is 5.41 Å². The van der Waals surface area contributed by atoms with E-state index in [0.29, 0.717) is 24.0 Å². The maximum atomic E-state index is 10.3. The van der Waals surface area contributed by atoms with Gasteiger partial charge in [-0.3, -0.25) is 4.79 Å². The zero-order valence-electron chi connectivity index (χ0n) is 25.7. The summed E-state index contributed by atoms with van der Waals surface area (Å²) in [4.78, 5) is 10.3. The van der Waals surface area contributed by atoms with Gasteiger partial charge in [0.2, 0.25) is 0 Å². The molecule has 0 aliphatic carbocycles. The van der Waals surface area contributed by atoms with Crippen molar-refractivity contribution in [3.8, 4) is 5.75 Å². The molecule has 258 valence electrons. The minimum atomic E-state index is -0.189. The molecule has 0 aliphatic heterocycles. The molecule has 0 spiro atoms. The smallest absolute Gasteiger partial charge is 0.302 e. The SMILES string of the molecule is C.C.C.C.C.C.CC(=O)OCCCC(C)(C)C.CC(C)(C)c1ccccc1.CCOC(C)Oc1ccc(C(C)(C)C)cc1. The molecule has 4 nitrogen and oxygen atoms in total.